The van der Waals surface area contributed by atoms with E-state index in [0.717, 1.165) is 43.1 Å². The number of hydrogen-bond acceptors (Lipinski definition) is 4. The molecule has 0 radical (unpaired) electrons. The van der Waals surface area contributed by atoms with E-state index in [-0.39, 0.29) is 0 Å². The molecule has 2 aromatic heterocycles. The Bertz CT molecular complexity index is 534. The molecule has 19 heavy (non-hydrogen) atoms. The highest BCUT2D eigenvalue weighted by Crippen LogP contribution is 2.27. The summed E-state index contributed by atoms with van der Waals surface area (Å²) in [5, 5.41) is 5.48. The third-order valence-electron chi connectivity index (χ3n) is 2.94. The number of aryl methyl sites for hydroxylation is 2. The molecule has 102 valence electrons. The quantitative estimate of drug-likeness (QED) is 0.854. The molecule has 2 aromatic rings. The topological polar surface area (TPSA) is 37.8 Å². The summed E-state index contributed by atoms with van der Waals surface area (Å²) in [7, 11) is 0. The van der Waals surface area contributed by atoms with Gasteiger partial charge in [-0.25, -0.2) is 9.97 Å². The largest absolute Gasteiger partial charge is 0.370 e. The van der Waals surface area contributed by atoms with Crippen LogP contribution in [0.15, 0.2) is 17.5 Å². The maximum absolute atomic E-state index is 4.69. The van der Waals surface area contributed by atoms with Gasteiger partial charge in [0.05, 0.1) is 5.69 Å². The zero-order chi connectivity index (χ0) is 13.7. The molecule has 1 N–H and O–H groups in total. The normalized spacial score (nSPS) is 10.7. The number of aromatic nitrogens is 2. The first-order valence-electron chi connectivity index (χ1n) is 6.90. The summed E-state index contributed by atoms with van der Waals surface area (Å²) < 4.78 is 0. The molecule has 0 amide bonds. The lowest BCUT2D eigenvalue weighted by molar-refractivity contribution is 0.834. The first-order chi connectivity index (χ1) is 9.24. The summed E-state index contributed by atoms with van der Waals surface area (Å²) in [6, 6.07) is 4.20. The molecule has 0 aliphatic carbocycles. The molecule has 3 nitrogen and oxygen atoms in total. The third-order valence-corrected chi connectivity index (χ3v) is 3.78. The second-order valence-corrected chi connectivity index (χ2v) is 5.74. The van der Waals surface area contributed by atoms with Gasteiger partial charge in [-0.15, -0.1) is 11.3 Å². The van der Waals surface area contributed by atoms with E-state index in [2.05, 4.69) is 48.6 Å². The van der Waals surface area contributed by atoms with Crippen LogP contribution in [0.4, 0.5) is 5.82 Å². The Morgan fingerprint density at radius 3 is 2.68 bits per heavy atom. The summed E-state index contributed by atoms with van der Waals surface area (Å²) in [4.78, 5) is 10.6. The lowest BCUT2D eigenvalue weighted by Crippen LogP contribution is -2.06. The molecule has 4 heteroatoms. The first-order valence-corrected chi connectivity index (χ1v) is 7.78. The summed E-state index contributed by atoms with van der Waals surface area (Å²) in [5.74, 6) is 1.88. The average Bonchev–Trinajstić information content (AvgIpc) is 2.83. The number of hydrogen-bond donors (Lipinski definition) is 1. The van der Waals surface area contributed by atoms with Crippen LogP contribution in [0.2, 0.25) is 0 Å². The van der Waals surface area contributed by atoms with Crippen molar-refractivity contribution < 1.29 is 0 Å². The Labute approximate surface area is 119 Å². The van der Waals surface area contributed by atoms with Crippen LogP contribution in [0, 0.1) is 6.92 Å². The fraction of sp³-hybridized carbons (Fsp3) is 0.467. The van der Waals surface area contributed by atoms with Crippen LogP contribution in [-0.4, -0.2) is 16.5 Å². The van der Waals surface area contributed by atoms with E-state index < -0.39 is 0 Å². The van der Waals surface area contributed by atoms with E-state index in [1.54, 1.807) is 11.3 Å². The van der Waals surface area contributed by atoms with Crippen LogP contribution in [0.3, 0.4) is 0 Å². The fourth-order valence-corrected chi connectivity index (χ4v) is 2.67. The second kappa shape index (κ2) is 6.66. The molecule has 2 heterocycles. The first kappa shape index (κ1) is 14.0. The average molecular weight is 275 g/mol. The zero-order valence-corrected chi connectivity index (χ0v) is 12.7. The minimum Gasteiger partial charge on any atom is -0.370 e. The summed E-state index contributed by atoms with van der Waals surface area (Å²) in [6.07, 6.45) is 3.09. The molecule has 0 aliphatic rings. The molecule has 0 atom stereocenters. The van der Waals surface area contributed by atoms with E-state index >= 15 is 0 Å². The Hall–Kier alpha value is -1.42. The minimum atomic E-state index is 0.928. The third kappa shape index (κ3) is 3.53. The van der Waals surface area contributed by atoms with Gasteiger partial charge in [-0.1, -0.05) is 13.8 Å². The van der Waals surface area contributed by atoms with Gasteiger partial charge in [0.1, 0.15) is 11.6 Å². The lowest BCUT2D eigenvalue weighted by Gasteiger charge is -2.09. The number of anilines is 1. The van der Waals surface area contributed by atoms with Crippen molar-refractivity contribution in [1.82, 2.24) is 9.97 Å². The summed E-state index contributed by atoms with van der Waals surface area (Å²) in [5.41, 5.74) is 2.26. The van der Waals surface area contributed by atoms with Gasteiger partial charge < -0.3 is 5.32 Å². The highest BCUT2D eigenvalue weighted by atomic mass is 32.1. The van der Waals surface area contributed by atoms with Crippen LogP contribution in [-0.2, 0) is 6.42 Å². The SMILES string of the molecule is CCCNc1cc(-c2ccsc2C)nc(CCC)n1. The van der Waals surface area contributed by atoms with E-state index in [4.69, 9.17) is 4.98 Å². The van der Waals surface area contributed by atoms with Crippen molar-refractivity contribution in [2.45, 2.75) is 40.0 Å². The van der Waals surface area contributed by atoms with Gasteiger partial charge in [0, 0.05) is 29.5 Å². The van der Waals surface area contributed by atoms with Crippen molar-refractivity contribution in [2.75, 3.05) is 11.9 Å². The van der Waals surface area contributed by atoms with Crippen molar-refractivity contribution in [3.05, 3.63) is 28.2 Å². The van der Waals surface area contributed by atoms with Gasteiger partial charge in [0.15, 0.2) is 0 Å². The van der Waals surface area contributed by atoms with Gasteiger partial charge >= 0.3 is 0 Å². The molecule has 0 aliphatic heterocycles. The highest BCUT2D eigenvalue weighted by Gasteiger charge is 2.09. The summed E-state index contributed by atoms with van der Waals surface area (Å²) in [6.45, 7) is 7.40. The van der Waals surface area contributed by atoms with Gasteiger partial charge in [-0.3, -0.25) is 0 Å². The van der Waals surface area contributed by atoms with Crippen LogP contribution in [0.1, 0.15) is 37.4 Å². The van der Waals surface area contributed by atoms with Crippen molar-refractivity contribution in [2.24, 2.45) is 0 Å². The molecule has 0 aromatic carbocycles. The molecule has 0 fully saturated rings. The van der Waals surface area contributed by atoms with Gasteiger partial charge in [-0.05, 0) is 31.2 Å². The molecule has 0 saturated carbocycles. The van der Waals surface area contributed by atoms with Crippen molar-refractivity contribution in [3.63, 3.8) is 0 Å². The maximum atomic E-state index is 4.69. The van der Waals surface area contributed by atoms with Gasteiger partial charge in [0.25, 0.3) is 0 Å². The molecular formula is C15H21N3S. The van der Waals surface area contributed by atoms with Gasteiger partial charge in [0.2, 0.25) is 0 Å². The molecule has 0 bridgehead atoms. The standard InChI is InChI=1S/C15H21N3S/c1-4-6-14-17-13(12-7-9-19-11(12)3)10-15(18-14)16-8-5-2/h7,9-10H,4-6,8H2,1-3H3,(H,16,17,18). The lowest BCUT2D eigenvalue weighted by atomic mass is 10.2. The van der Waals surface area contributed by atoms with E-state index in [9.17, 15) is 0 Å². The second-order valence-electron chi connectivity index (χ2n) is 4.62. The van der Waals surface area contributed by atoms with Gasteiger partial charge in [-0.2, -0.15) is 0 Å². The van der Waals surface area contributed by atoms with E-state index in [1.165, 1.54) is 10.4 Å². The monoisotopic (exact) mass is 275 g/mol. The number of thiophene rings is 1. The van der Waals surface area contributed by atoms with Crippen molar-refractivity contribution in [3.8, 4) is 11.3 Å². The van der Waals surface area contributed by atoms with Crippen LogP contribution in [0.25, 0.3) is 11.3 Å². The molecule has 0 unspecified atom stereocenters. The Morgan fingerprint density at radius 1 is 1.21 bits per heavy atom. The molecular weight excluding hydrogens is 254 g/mol. The fourth-order valence-electron chi connectivity index (χ4n) is 1.96. The Balaban J connectivity index is 2.36. The van der Waals surface area contributed by atoms with Crippen LogP contribution in [0.5, 0.6) is 0 Å². The summed E-state index contributed by atoms with van der Waals surface area (Å²) >= 11 is 1.76. The Kier molecular flexibility index (Phi) is 4.91. The number of rotatable bonds is 6. The zero-order valence-electron chi connectivity index (χ0n) is 11.9. The minimum absolute atomic E-state index is 0.928. The number of nitrogens with one attached hydrogen (secondary N) is 1. The maximum Gasteiger partial charge on any atom is 0.131 e. The van der Waals surface area contributed by atoms with Crippen LogP contribution >= 0.6 is 11.3 Å². The molecule has 0 saturated heterocycles. The number of nitrogens with zero attached hydrogens (tertiary/aromatic N) is 2. The molecule has 0 spiro atoms. The Morgan fingerprint density at radius 2 is 2.05 bits per heavy atom. The van der Waals surface area contributed by atoms with Crippen molar-refractivity contribution in [1.29, 1.82) is 0 Å². The predicted octanol–water partition coefficient (Wildman–Crippen LogP) is 4.29. The highest BCUT2D eigenvalue weighted by molar-refractivity contribution is 7.10. The predicted molar refractivity (Wildman–Crippen MR) is 82.9 cm³/mol. The smallest absolute Gasteiger partial charge is 0.131 e. The van der Waals surface area contributed by atoms with E-state index in [0.29, 0.717) is 0 Å². The van der Waals surface area contributed by atoms with E-state index in [1.807, 2.05) is 0 Å². The molecule has 2 rings (SSSR count). The van der Waals surface area contributed by atoms with Crippen molar-refractivity contribution >= 4 is 17.2 Å². The van der Waals surface area contributed by atoms with Crippen LogP contribution < -0.4 is 5.32 Å².